The number of carbonyl (C=O) groups excluding carboxylic acids is 1. The number of rotatable bonds is 3. The highest BCUT2D eigenvalue weighted by atomic mass is 35.5. The number of nitrogens with two attached hydrogens (primary N) is 1. The number of halogens is 3. The molecule has 0 aliphatic carbocycles. The summed E-state index contributed by atoms with van der Waals surface area (Å²) in [6.45, 7) is 7.91. The first kappa shape index (κ1) is 22.0. The van der Waals surface area contributed by atoms with Gasteiger partial charge in [-0.3, -0.25) is 4.79 Å². The molecule has 3 rings (SSSR count). The van der Waals surface area contributed by atoms with E-state index in [9.17, 15) is 9.18 Å². The normalized spacial score (nSPS) is 20.8. The maximum atomic E-state index is 14.5. The number of likely N-dealkylation sites (N-methyl/N-ethyl adjacent to an activating group) is 1. The molecule has 0 saturated carbocycles. The van der Waals surface area contributed by atoms with Gasteiger partial charge in [0, 0.05) is 50.9 Å². The smallest absolute Gasteiger partial charge is 0.254 e. The van der Waals surface area contributed by atoms with Gasteiger partial charge >= 0.3 is 0 Å². The zero-order valence-corrected chi connectivity index (χ0v) is 16.1. The summed E-state index contributed by atoms with van der Waals surface area (Å²) in [5.74, 6) is -0.441. The molecular formula is C17H27Cl2FN4O. The molecule has 2 fully saturated rings. The average molecular weight is 393 g/mol. The van der Waals surface area contributed by atoms with E-state index in [-0.39, 0.29) is 42.6 Å². The second-order valence-corrected chi connectivity index (χ2v) is 6.39. The molecule has 2 heterocycles. The Morgan fingerprint density at radius 3 is 2.40 bits per heavy atom. The van der Waals surface area contributed by atoms with Crippen LogP contribution >= 0.6 is 24.8 Å². The van der Waals surface area contributed by atoms with Gasteiger partial charge in [-0.2, -0.15) is 0 Å². The Morgan fingerprint density at radius 1 is 1.20 bits per heavy atom. The van der Waals surface area contributed by atoms with Crippen LogP contribution in [0.2, 0.25) is 0 Å². The molecule has 5 nitrogen and oxygen atoms in total. The molecule has 1 aromatic rings. The number of benzene rings is 1. The highest BCUT2D eigenvalue weighted by molar-refractivity contribution is 5.94. The summed E-state index contributed by atoms with van der Waals surface area (Å²) in [7, 11) is 0. The number of hydrogen-bond donors (Lipinski definition) is 1. The van der Waals surface area contributed by atoms with Crippen molar-refractivity contribution in [3.8, 4) is 0 Å². The van der Waals surface area contributed by atoms with Gasteiger partial charge in [0.15, 0.2) is 0 Å². The lowest BCUT2D eigenvalue weighted by atomic mass is 10.1. The lowest BCUT2D eigenvalue weighted by Crippen LogP contribution is -2.46. The monoisotopic (exact) mass is 392 g/mol. The average Bonchev–Trinajstić information content (AvgIpc) is 3.00. The van der Waals surface area contributed by atoms with Crippen LogP contribution in [0.5, 0.6) is 0 Å². The van der Waals surface area contributed by atoms with Crippen LogP contribution in [-0.4, -0.2) is 67.6 Å². The third-order valence-corrected chi connectivity index (χ3v) is 4.87. The van der Waals surface area contributed by atoms with Gasteiger partial charge in [-0.1, -0.05) is 6.92 Å². The Morgan fingerprint density at radius 2 is 1.88 bits per heavy atom. The van der Waals surface area contributed by atoms with Crippen molar-refractivity contribution in [3.05, 3.63) is 29.6 Å². The van der Waals surface area contributed by atoms with Crippen LogP contribution in [0.15, 0.2) is 18.2 Å². The molecule has 2 N–H and O–H groups in total. The number of anilines is 1. The quantitative estimate of drug-likeness (QED) is 0.854. The molecule has 8 heteroatoms. The second-order valence-electron chi connectivity index (χ2n) is 6.39. The van der Waals surface area contributed by atoms with Gasteiger partial charge in [0.1, 0.15) is 5.82 Å². The number of carbonyl (C=O) groups is 1. The lowest BCUT2D eigenvalue weighted by molar-refractivity contribution is 0.0790. The third-order valence-electron chi connectivity index (χ3n) is 4.87. The fourth-order valence-corrected chi connectivity index (χ4v) is 3.36. The van der Waals surface area contributed by atoms with E-state index >= 15 is 0 Å². The number of nitrogens with zero attached hydrogens (tertiary/aromatic N) is 3. The second kappa shape index (κ2) is 9.57. The van der Waals surface area contributed by atoms with Gasteiger partial charge in [-0.05, 0) is 31.2 Å². The molecule has 0 unspecified atom stereocenters. The number of hydrogen-bond acceptors (Lipinski definition) is 4. The Hall–Kier alpha value is -1.08. The van der Waals surface area contributed by atoms with E-state index in [0.29, 0.717) is 24.3 Å². The van der Waals surface area contributed by atoms with E-state index in [1.165, 1.54) is 6.07 Å². The zero-order valence-electron chi connectivity index (χ0n) is 14.5. The molecule has 2 aliphatic rings. The van der Waals surface area contributed by atoms with Crippen LogP contribution in [0.1, 0.15) is 23.7 Å². The third kappa shape index (κ3) is 4.97. The van der Waals surface area contributed by atoms with Crippen LogP contribution in [0, 0.1) is 5.82 Å². The number of likely N-dealkylation sites (tertiary alicyclic amines) is 1. The Bertz CT molecular complexity index is 582. The van der Waals surface area contributed by atoms with Crippen molar-refractivity contribution in [1.82, 2.24) is 9.80 Å². The van der Waals surface area contributed by atoms with Crippen LogP contribution < -0.4 is 10.6 Å². The highest BCUT2D eigenvalue weighted by Gasteiger charge is 2.26. The van der Waals surface area contributed by atoms with Gasteiger partial charge in [-0.25, -0.2) is 4.39 Å². The van der Waals surface area contributed by atoms with Crippen molar-refractivity contribution in [2.45, 2.75) is 19.4 Å². The molecule has 1 aromatic carbocycles. The molecule has 2 aliphatic heterocycles. The van der Waals surface area contributed by atoms with E-state index < -0.39 is 0 Å². The fourth-order valence-electron chi connectivity index (χ4n) is 3.36. The Balaban J connectivity index is 0.00000156. The number of piperazine rings is 1. The standard InChI is InChI=1S/C17H25FN4O.2ClH/c1-2-20-7-9-21(10-8-20)16-4-3-13(11-15(16)18)17(23)22-6-5-14(19)12-22;;/h3-4,11,14H,2,5-10,12,19H2,1H3;2*1H/t14-;;/m1../s1. The van der Waals surface area contributed by atoms with E-state index in [1.807, 2.05) is 0 Å². The summed E-state index contributed by atoms with van der Waals surface area (Å²) in [6, 6.07) is 4.88. The maximum Gasteiger partial charge on any atom is 0.254 e. The molecule has 142 valence electrons. The minimum absolute atomic E-state index is 0. The van der Waals surface area contributed by atoms with E-state index in [4.69, 9.17) is 5.73 Å². The summed E-state index contributed by atoms with van der Waals surface area (Å²) in [4.78, 5) is 18.5. The molecule has 2 saturated heterocycles. The van der Waals surface area contributed by atoms with Crippen molar-refractivity contribution >= 4 is 36.4 Å². The lowest BCUT2D eigenvalue weighted by Gasteiger charge is -2.35. The first-order chi connectivity index (χ1) is 11.1. The summed E-state index contributed by atoms with van der Waals surface area (Å²) in [5.41, 5.74) is 6.84. The summed E-state index contributed by atoms with van der Waals surface area (Å²) in [6.07, 6.45) is 0.814. The predicted molar refractivity (Wildman–Crippen MR) is 104 cm³/mol. The van der Waals surface area contributed by atoms with Crippen molar-refractivity contribution in [3.63, 3.8) is 0 Å². The largest absolute Gasteiger partial charge is 0.367 e. The van der Waals surface area contributed by atoms with Gasteiger partial charge in [-0.15, -0.1) is 24.8 Å². The molecule has 1 amide bonds. The summed E-state index contributed by atoms with van der Waals surface area (Å²) >= 11 is 0. The van der Waals surface area contributed by atoms with Crippen molar-refractivity contribution < 1.29 is 9.18 Å². The summed E-state index contributed by atoms with van der Waals surface area (Å²) in [5, 5.41) is 0. The van der Waals surface area contributed by atoms with Gasteiger partial charge in [0.25, 0.3) is 5.91 Å². The minimum Gasteiger partial charge on any atom is -0.367 e. The highest BCUT2D eigenvalue weighted by Crippen LogP contribution is 2.23. The van der Waals surface area contributed by atoms with Crippen molar-refractivity contribution in [2.24, 2.45) is 5.73 Å². The molecule has 0 aromatic heterocycles. The van der Waals surface area contributed by atoms with Crippen molar-refractivity contribution in [2.75, 3.05) is 50.7 Å². The first-order valence-corrected chi connectivity index (χ1v) is 8.40. The first-order valence-electron chi connectivity index (χ1n) is 8.40. The van der Waals surface area contributed by atoms with Gasteiger partial charge < -0.3 is 20.4 Å². The zero-order chi connectivity index (χ0) is 16.4. The predicted octanol–water partition coefficient (Wildman–Crippen LogP) is 1.98. The molecular weight excluding hydrogens is 366 g/mol. The molecule has 0 radical (unpaired) electrons. The molecule has 1 atom stereocenters. The van der Waals surface area contributed by atoms with E-state index in [0.717, 1.165) is 39.1 Å². The SMILES string of the molecule is CCN1CCN(c2ccc(C(=O)N3CC[C@@H](N)C3)cc2F)CC1.Cl.Cl. The minimum atomic E-state index is -0.315. The van der Waals surface area contributed by atoms with Crippen LogP contribution in [0.25, 0.3) is 0 Å². The molecule has 25 heavy (non-hydrogen) atoms. The fraction of sp³-hybridized carbons (Fsp3) is 0.588. The van der Waals surface area contributed by atoms with Gasteiger partial charge in [0.05, 0.1) is 5.69 Å². The summed E-state index contributed by atoms with van der Waals surface area (Å²) < 4.78 is 14.5. The van der Waals surface area contributed by atoms with Crippen LogP contribution in [0.3, 0.4) is 0 Å². The molecule has 0 bridgehead atoms. The van der Waals surface area contributed by atoms with Crippen LogP contribution in [0.4, 0.5) is 10.1 Å². The Kier molecular flexibility index (Phi) is 8.41. The Labute approximate surface area is 161 Å². The van der Waals surface area contributed by atoms with Crippen LogP contribution in [-0.2, 0) is 0 Å². The topological polar surface area (TPSA) is 52.8 Å². The van der Waals surface area contributed by atoms with E-state index in [1.54, 1.807) is 17.0 Å². The van der Waals surface area contributed by atoms with Gasteiger partial charge in [0.2, 0.25) is 0 Å². The maximum absolute atomic E-state index is 14.5. The van der Waals surface area contributed by atoms with E-state index in [2.05, 4.69) is 16.7 Å². The molecule has 0 spiro atoms. The number of amides is 1. The van der Waals surface area contributed by atoms with Crippen molar-refractivity contribution in [1.29, 1.82) is 0 Å².